The number of hydrogen-bond acceptors (Lipinski definition) is 5. The summed E-state index contributed by atoms with van der Waals surface area (Å²) in [6.45, 7) is 6.11. The van der Waals surface area contributed by atoms with Crippen LogP contribution in [0.15, 0.2) is 72.2 Å². The molecule has 1 amide bonds. The van der Waals surface area contributed by atoms with Crippen molar-refractivity contribution in [1.29, 1.82) is 0 Å². The maximum Gasteiger partial charge on any atom is 0.250 e. The van der Waals surface area contributed by atoms with Crippen LogP contribution in [-0.4, -0.2) is 32.6 Å². The molecule has 3 N–H and O–H groups in total. The fourth-order valence-electron chi connectivity index (χ4n) is 2.30. The number of hydrogen-bond donors (Lipinski definition) is 3. The summed E-state index contributed by atoms with van der Waals surface area (Å²) in [6.07, 6.45) is 4.48. The SMILES string of the molecule is C=CCNS(=O)(=O)c1ccc(NC(=S)NC(=O)/C=C/c2ccc(OCC)cc2)cc1. The van der Waals surface area contributed by atoms with E-state index in [1.807, 2.05) is 31.2 Å². The molecule has 0 bridgehead atoms. The number of sulfonamides is 1. The Morgan fingerprint density at radius 2 is 1.80 bits per heavy atom. The van der Waals surface area contributed by atoms with Gasteiger partial charge in [0.05, 0.1) is 11.5 Å². The van der Waals surface area contributed by atoms with Crippen LogP contribution in [0.1, 0.15) is 12.5 Å². The smallest absolute Gasteiger partial charge is 0.250 e. The molecule has 7 nitrogen and oxygen atoms in total. The number of rotatable bonds is 9. The lowest BCUT2D eigenvalue weighted by Crippen LogP contribution is -2.32. The maximum atomic E-state index is 12.0. The number of ether oxygens (including phenoxy) is 1. The maximum absolute atomic E-state index is 12.0. The molecule has 0 fully saturated rings. The van der Waals surface area contributed by atoms with Crippen molar-refractivity contribution in [2.75, 3.05) is 18.5 Å². The molecule has 30 heavy (non-hydrogen) atoms. The van der Waals surface area contributed by atoms with Gasteiger partial charge in [-0.2, -0.15) is 0 Å². The van der Waals surface area contributed by atoms with E-state index in [1.54, 1.807) is 18.2 Å². The zero-order chi connectivity index (χ0) is 22.0. The molecule has 0 aliphatic rings. The van der Waals surface area contributed by atoms with Gasteiger partial charge >= 0.3 is 0 Å². The predicted molar refractivity (Wildman–Crippen MR) is 123 cm³/mol. The summed E-state index contributed by atoms with van der Waals surface area (Å²) >= 11 is 5.12. The third-order valence-corrected chi connectivity index (χ3v) is 5.34. The highest BCUT2D eigenvalue weighted by atomic mass is 32.2. The molecule has 0 saturated carbocycles. The zero-order valence-corrected chi connectivity index (χ0v) is 18.1. The number of carbonyl (C=O) groups is 1. The minimum atomic E-state index is -3.60. The predicted octanol–water partition coefficient (Wildman–Crippen LogP) is 3.08. The number of nitrogens with one attached hydrogen (secondary N) is 3. The van der Waals surface area contributed by atoms with Crippen molar-refractivity contribution in [1.82, 2.24) is 10.0 Å². The fourth-order valence-corrected chi connectivity index (χ4v) is 3.52. The Morgan fingerprint density at radius 1 is 1.13 bits per heavy atom. The van der Waals surface area contributed by atoms with Gasteiger partial charge in [0.25, 0.3) is 0 Å². The Kier molecular flexibility index (Phi) is 8.72. The van der Waals surface area contributed by atoms with E-state index in [9.17, 15) is 13.2 Å². The molecule has 0 atom stereocenters. The fraction of sp³-hybridized carbons (Fsp3) is 0.143. The minimum Gasteiger partial charge on any atom is -0.494 e. The second kappa shape index (κ2) is 11.2. The molecule has 2 rings (SSSR count). The van der Waals surface area contributed by atoms with Crippen LogP contribution in [-0.2, 0) is 14.8 Å². The minimum absolute atomic E-state index is 0.0942. The Hall–Kier alpha value is -3.01. The molecule has 0 aromatic heterocycles. The first-order valence-corrected chi connectivity index (χ1v) is 11.0. The first kappa shape index (κ1) is 23.3. The van der Waals surface area contributed by atoms with Crippen LogP contribution in [0.4, 0.5) is 5.69 Å². The van der Waals surface area contributed by atoms with Crippen LogP contribution in [0.2, 0.25) is 0 Å². The molecule has 9 heteroatoms. The van der Waals surface area contributed by atoms with Crippen LogP contribution in [0.5, 0.6) is 5.75 Å². The average molecular weight is 446 g/mol. The van der Waals surface area contributed by atoms with Gasteiger partial charge in [0.2, 0.25) is 15.9 Å². The summed E-state index contributed by atoms with van der Waals surface area (Å²) in [6, 6.07) is 13.3. The monoisotopic (exact) mass is 445 g/mol. The first-order chi connectivity index (χ1) is 14.3. The van der Waals surface area contributed by atoms with Crippen molar-refractivity contribution in [3.05, 3.63) is 72.8 Å². The van der Waals surface area contributed by atoms with Crippen molar-refractivity contribution >= 4 is 45.0 Å². The van der Waals surface area contributed by atoms with E-state index in [2.05, 4.69) is 21.9 Å². The van der Waals surface area contributed by atoms with Crippen LogP contribution in [0.25, 0.3) is 6.08 Å². The van der Waals surface area contributed by atoms with Crippen molar-refractivity contribution in [3.63, 3.8) is 0 Å². The van der Waals surface area contributed by atoms with Crippen molar-refractivity contribution < 1.29 is 17.9 Å². The molecule has 0 saturated heterocycles. The molecular weight excluding hydrogens is 422 g/mol. The molecule has 158 valence electrons. The van der Waals surface area contributed by atoms with E-state index in [-0.39, 0.29) is 16.6 Å². The van der Waals surface area contributed by atoms with Crippen molar-refractivity contribution in [2.24, 2.45) is 0 Å². The summed E-state index contributed by atoms with van der Waals surface area (Å²) in [7, 11) is -3.60. The highest BCUT2D eigenvalue weighted by Gasteiger charge is 2.12. The van der Waals surface area contributed by atoms with E-state index >= 15 is 0 Å². The summed E-state index contributed by atoms with van der Waals surface area (Å²) in [5.74, 6) is 0.369. The van der Waals surface area contributed by atoms with E-state index in [1.165, 1.54) is 24.3 Å². The highest BCUT2D eigenvalue weighted by Crippen LogP contribution is 2.14. The molecule has 2 aromatic carbocycles. The van der Waals surface area contributed by atoms with E-state index in [0.29, 0.717) is 12.3 Å². The number of benzene rings is 2. The first-order valence-electron chi connectivity index (χ1n) is 9.07. The molecular formula is C21H23N3O4S2. The lowest BCUT2D eigenvalue weighted by molar-refractivity contribution is -0.115. The van der Waals surface area contributed by atoms with Gasteiger partial charge in [-0.1, -0.05) is 18.2 Å². The van der Waals surface area contributed by atoms with E-state index in [4.69, 9.17) is 17.0 Å². The molecule has 0 unspecified atom stereocenters. The van der Waals surface area contributed by atoms with Crippen LogP contribution < -0.4 is 20.1 Å². The topological polar surface area (TPSA) is 96.5 Å². The van der Waals surface area contributed by atoms with Gasteiger partial charge in [-0.05, 0) is 67.2 Å². The van der Waals surface area contributed by atoms with Crippen LogP contribution in [0, 0.1) is 0 Å². The lowest BCUT2D eigenvalue weighted by atomic mass is 10.2. The largest absolute Gasteiger partial charge is 0.494 e. The number of carbonyl (C=O) groups excluding carboxylic acids is 1. The number of amides is 1. The number of thiocarbonyl (C=S) groups is 1. The van der Waals surface area contributed by atoms with E-state index < -0.39 is 15.9 Å². The summed E-state index contributed by atoms with van der Waals surface area (Å²) in [4.78, 5) is 12.1. The Labute approximate surface area is 181 Å². The normalized spacial score (nSPS) is 11.1. The molecule has 0 aliphatic carbocycles. The summed E-state index contributed by atoms with van der Waals surface area (Å²) in [5, 5.41) is 5.46. The molecule has 0 heterocycles. The third-order valence-electron chi connectivity index (χ3n) is 3.70. The average Bonchev–Trinajstić information content (AvgIpc) is 2.72. The van der Waals surface area contributed by atoms with Crippen molar-refractivity contribution in [3.8, 4) is 5.75 Å². The van der Waals surface area contributed by atoms with Gasteiger partial charge in [-0.25, -0.2) is 13.1 Å². The second-order valence-electron chi connectivity index (χ2n) is 5.94. The standard InChI is InChI=1S/C21H23N3O4S2/c1-3-15-22-30(26,27)19-12-8-17(9-13-19)23-21(29)24-20(25)14-7-16-5-10-18(11-6-16)28-4-2/h3,5-14,22H,1,4,15H2,2H3,(H2,23,24,25,29)/b14-7+. The molecule has 0 spiro atoms. The Balaban J connectivity index is 1.88. The van der Waals surface area contributed by atoms with Crippen LogP contribution >= 0.6 is 12.2 Å². The molecule has 2 aromatic rings. The van der Waals surface area contributed by atoms with E-state index in [0.717, 1.165) is 11.3 Å². The number of anilines is 1. The van der Waals surface area contributed by atoms with Gasteiger partial charge in [0, 0.05) is 18.3 Å². The van der Waals surface area contributed by atoms with Crippen molar-refractivity contribution in [2.45, 2.75) is 11.8 Å². The van der Waals surface area contributed by atoms with Gasteiger partial charge < -0.3 is 10.1 Å². The quantitative estimate of drug-likeness (QED) is 0.312. The zero-order valence-electron chi connectivity index (χ0n) is 16.4. The third kappa shape index (κ3) is 7.43. The molecule has 0 radical (unpaired) electrons. The molecule has 0 aliphatic heterocycles. The lowest BCUT2D eigenvalue weighted by Gasteiger charge is -2.09. The van der Waals surface area contributed by atoms with Crippen LogP contribution in [0.3, 0.4) is 0 Å². The second-order valence-corrected chi connectivity index (χ2v) is 8.12. The van der Waals surface area contributed by atoms with Gasteiger partial charge in [-0.15, -0.1) is 6.58 Å². The van der Waals surface area contributed by atoms with Gasteiger partial charge in [0.1, 0.15) is 5.75 Å². The Bertz CT molecular complexity index is 1020. The van der Waals surface area contributed by atoms with Gasteiger partial charge in [0.15, 0.2) is 5.11 Å². The summed E-state index contributed by atoms with van der Waals surface area (Å²) < 4.78 is 31.8. The summed E-state index contributed by atoms with van der Waals surface area (Å²) in [5.41, 5.74) is 1.38. The Morgan fingerprint density at radius 3 is 2.40 bits per heavy atom. The highest BCUT2D eigenvalue weighted by molar-refractivity contribution is 7.89. The van der Waals surface area contributed by atoms with Gasteiger partial charge in [-0.3, -0.25) is 10.1 Å².